The van der Waals surface area contributed by atoms with Gasteiger partial charge in [-0.25, -0.2) is 9.37 Å². The molecule has 0 radical (unpaired) electrons. The highest BCUT2D eigenvalue weighted by Gasteiger charge is 2.29. The van der Waals surface area contributed by atoms with Gasteiger partial charge in [0.05, 0.1) is 11.2 Å². The number of nitrogens with one attached hydrogen (secondary N) is 1. The van der Waals surface area contributed by atoms with Crippen molar-refractivity contribution in [3.63, 3.8) is 0 Å². The Morgan fingerprint density at radius 3 is 2.67 bits per heavy atom. The predicted molar refractivity (Wildman–Crippen MR) is 139 cm³/mol. The molecule has 3 aromatic rings. The number of carbonyl (C=O) groups excluding carboxylic acids is 1. The van der Waals surface area contributed by atoms with Crippen LogP contribution in [-0.4, -0.2) is 64.7 Å². The number of aliphatic hydroxyl groups excluding tert-OH is 1. The summed E-state index contributed by atoms with van der Waals surface area (Å²) >= 11 is 5.91. The van der Waals surface area contributed by atoms with Crippen molar-refractivity contribution < 1.29 is 14.3 Å². The van der Waals surface area contributed by atoms with Crippen molar-refractivity contribution in [1.29, 1.82) is 0 Å². The first kappa shape index (κ1) is 24.7. The summed E-state index contributed by atoms with van der Waals surface area (Å²) in [6, 6.07) is 9.85. The molecule has 1 unspecified atom stereocenters. The third-order valence-corrected chi connectivity index (χ3v) is 7.46. The van der Waals surface area contributed by atoms with E-state index in [1.165, 1.54) is 6.07 Å². The van der Waals surface area contributed by atoms with E-state index in [9.17, 15) is 14.3 Å². The number of amides is 1. The van der Waals surface area contributed by atoms with E-state index in [0.717, 1.165) is 51.9 Å². The molecule has 36 heavy (non-hydrogen) atoms. The van der Waals surface area contributed by atoms with Crippen LogP contribution in [-0.2, 0) is 0 Å². The van der Waals surface area contributed by atoms with Gasteiger partial charge in [0.15, 0.2) is 0 Å². The monoisotopic (exact) mass is 512 g/mol. The van der Waals surface area contributed by atoms with Crippen LogP contribution < -0.4 is 16.0 Å². The number of piperidine rings is 2. The number of rotatable bonds is 6. The highest BCUT2D eigenvalue weighted by atomic mass is 35.5. The van der Waals surface area contributed by atoms with Crippen molar-refractivity contribution in [2.75, 3.05) is 43.0 Å². The fourth-order valence-electron chi connectivity index (χ4n) is 5.23. The Morgan fingerprint density at radius 1 is 1.14 bits per heavy atom. The Hall–Kier alpha value is -3.01. The van der Waals surface area contributed by atoms with Gasteiger partial charge >= 0.3 is 0 Å². The number of anilines is 3. The van der Waals surface area contributed by atoms with Gasteiger partial charge in [-0.05, 0) is 74.5 Å². The lowest BCUT2D eigenvalue weighted by Crippen LogP contribution is -2.49. The Kier molecular flexibility index (Phi) is 7.22. The molecule has 5 rings (SSSR count). The van der Waals surface area contributed by atoms with Crippen LogP contribution in [0.2, 0.25) is 5.02 Å². The summed E-state index contributed by atoms with van der Waals surface area (Å²) < 4.78 is 14.6. The Morgan fingerprint density at radius 2 is 1.94 bits per heavy atom. The maximum Gasteiger partial charge on any atom is 0.248 e. The van der Waals surface area contributed by atoms with Gasteiger partial charge in [0.25, 0.3) is 0 Å². The summed E-state index contributed by atoms with van der Waals surface area (Å²) in [7, 11) is 0. The van der Waals surface area contributed by atoms with Gasteiger partial charge in [0.2, 0.25) is 11.9 Å². The number of carbonyl (C=O) groups is 1. The molecule has 190 valence electrons. The number of hydrogen-bond donors (Lipinski definition) is 3. The highest BCUT2D eigenvalue weighted by molar-refractivity contribution is 6.30. The van der Waals surface area contributed by atoms with Gasteiger partial charge in [-0.2, -0.15) is 4.98 Å². The minimum absolute atomic E-state index is 0.242. The van der Waals surface area contributed by atoms with Gasteiger partial charge in [-0.1, -0.05) is 11.6 Å². The number of primary amides is 1. The van der Waals surface area contributed by atoms with E-state index in [1.54, 1.807) is 30.3 Å². The predicted octanol–water partition coefficient (Wildman–Crippen LogP) is 3.94. The third-order valence-electron chi connectivity index (χ3n) is 7.23. The van der Waals surface area contributed by atoms with Crippen molar-refractivity contribution in [3.8, 4) is 0 Å². The van der Waals surface area contributed by atoms with E-state index in [1.807, 2.05) is 0 Å². The van der Waals surface area contributed by atoms with E-state index in [0.29, 0.717) is 45.2 Å². The molecule has 2 aromatic carbocycles. The molecule has 2 saturated heterocycles. The molecule has 10 heteroatoms. The van der Waals surface area contributed by atoms with Crippen LogP contribution in [0.3, 0.4) is 0 Å². The SMILES string of the molecule is NC(=O)c1ccc2c(Nc3ccc(Cl)cc3F)nc(N3CCC(N4CCCC(CO)C4)CC3)nc2c1. The molecule has 8 nitrogen and oxygen atoms in total. The second-order valence-electron chi connectivity index (χ2n) is 9.62. The normalized spacial score (nSPS) is 19.5. The molecule has 1 amide bonds. The summed E-state index contributed by atoms with van der Waals surface area (Å²) in [6.45, 7) is 3.83. The number of aliphatic hydroxyl groups is 1. The summed E-state index contributed by atoms with van der Waals surface area (Å²) in [5.74, 6) is 0.288. The number of nitrogens with zero attached hydrogens (tertiary/aromatic N) is 4. The fourth-order valence-corrected chi connectivity index (χ4v) is 5.39. The zero-order chi connectivity index (χ0) is 25.2. The Bertz CT molecular complexity index is 1270. The number of benzene rings is 2. The van der Waals surface area contributed by atoms with Crippen LogP contribution in [0.15, 0.2) is 36.4 Å². The average Bonchev–Trinajstić information content (AvgIpc) is 2.90. The molecule has 1 aromatic heterocycles. The van der Waals surface area contributed by atoms with Crippen LogP contribution in [0.5, 0.6) is 0 Å². The van der Waals surface area contributed by atoms with E-state index in [4.69, 9.17) is 27.3 Å². The largest absolute Gasteiger partial charge is 0.396 e. The smallest absolute Gasteiger partial charge is 0.248 e. The second-order valence-corrected chi connectivity index (χ2v) is 10.1. The van der Waals surface area contributed by atoms with E-state index >= 15 is 0 Å². The first-order chi connectivity index (χ1) is 17.4. The summed E-state index contributed by atoms with van der Waals surface area (Å²) in [6.07, 6.45) is 4.15. The van der Waals surface area contributed by atoms with E-state index in [2.05, 4.69) is 15.1 Å². The van der Waals surface area contributed by atoms with Gasteiger partial charge in [0.1, 0.15) is 11.6 Å². The Labute approximate surface area is 214 Å². The third kappa shape index (κ3) is 5.23. The highest BCUT2D eigenvalue weighted by Crippen LogP contribution is 2.31. The minimum Gasteiger partial charge on any atom is -0.396 e. The van der Waals surface area contributed by atoms with Crippen LogP contribution in [0.1, 0.15) is 36.0 Å². The number of likely N-dealkylation sites (tertiary alicyclic amines) is 1. The molecule has 4 N–H and O–H groups in total. The van der Waals surface area contributed by atoms with Crippen molar-refractivity contribution in [2.45, 2.75) is 31.7 Å². The number of hydrogen-bond acceptors (Lipinski definition) is 7. The maximum atomic E-state index is 14.6. The standard InChI is InChI=1S/C26H30ClFN6O2/c27-18-4-6-22(21(28)13-18)30-25-20-5-3-17(24(29)36)12-23(20)31-26(32-25)33-10-7-19(8-11-33)34-9-1-2-16(14-34)15-35/h3-6,12-13,16,19,35H,1-2,7-11,14-15H2,(H2,29,36)(H,30,31,32). The van der Waals surface area contributed by atoms with Crippen LogP contribution in [0.25, 0.3) is 10.9 Å². The number of fused-ring (bicyclic) bond motifs is 1. The van der Waals surface area contributed by atoms with Crippen LogP contribution in [0, 0.1) is 11.7 Å². The number of aromatic nitrogens is 2. The topological polar surface area (TPSA) is 108 Å². The molecule has 0 saturated carbocycles. The lowest BCUT2D eigenvalue weighted by Gasteiger charge is -2.42. The lowest BCUT2D eigenvalue weighted by atomic mass is 9.94. The number of halogens is 2. The van der Waals surface area contributed by atoms with Crippen molar-refractivity contribution >= 4 is 45.9 Å². The molecular formula is C26H30ClFN6O2. The summed E-state index contributed by atoms with van der Waals surface area (Å²) in [5.41, 5.74) is 6.64. The molecule has 3 heterocycles. The summed E-state index contributed by atoms with van der Waals surface area (Å²) in [4.78, 5) is 25.9. The zero-order valence-corrected chi connectivity index (χ0v) is 20.7. The maximum absolute atomic E-state index is 14.6. The first-order valence-corrected chi connectivity index (χ1v) is 12.7. The van der Waals surface area contributed by atoms with Crippen molar-refractivity contribution in [1.82, 2.24) is 14.9 Å². The molecule has 0 bridgehead atoms. The Balaban J connectivity index is 1.42. The molecule has 2 aliphatic heterocycles. The minimum atomic E-state index is -0.543. The first-order valence-electron chi connectivity index (χ1n) is 12.3. The van der Waals surface area contributed by atoms with Gasteiger partial charge < -0.3 is 21.1 Å². The summed E-state index contributed by atoms with van der Waals surface area (Å²) in [5, 5.41) is 13.6. The van der Waals surface area contributed by atoms with Crippen LogP contribution in [0.4, 0.5) is 21.8 Å². The van der Waals surface area contributed by atoms with Gasteiger partial charge in [-0.3, -0.25) is 9.69 Å². The number of nitrogens with two attached hydrogens (primary N) is 1. The molecule has 0 spiro atoms. The molecule has 2 aliphatic rings. The zero-order valence-electron chi connectivity index (χ0n) is 20.0. The van der Waals surface area contributed by atoms with Gasteiger partial charge in [0, 0.05) is 48.3 Å². The quantitative estimate of drug-likeness (QED) is 0.459. The lowest BCUT2D eigenvalue weighted by molar-refractivity contribution is 0.0776. The second kappa shape index (κ2) is 10.5. The molecule has 1 atom stereocenters. The van der Waals surface area contributed by atoms with Crippen molar-refractivity contribution in [3.05, 3.63) is 52.8 Å². The van der Waals surface area contributed by atoms with E-state index < -0.39 is 11.7 Å². The fraction of sp³-hybridized carbons (Fsp3) is 0.423. The van der Waals surface area contributed by atoms with Gasteiger partial charge in [-0.15, -0.1) is 0 Å². The van der Waals surface area contributed by atoms with Crippen LogP contribution >= 0.6 is 11.6 Å². The molecule has 2 fully saturated rings. The van der Waals surface area contributed by atoms with Crippen molar-refractivity contribution in [2.24, 2.45) is 11.7 Å². The molecule has 0 aliphatic carbocycles. The van der Waals surface area contributed by atoms with E-state index in [-0.39, 0.29) is 12.3 Å². The molecular weight excluding hydrogens is 483 g/mol. The average molecular weight is 513 g/mol.